The fourth-order valence-electron chi connectivity index (χ4n) is 5.27. The molecule has 3 nitrogen and oxygen atoms in total. The molecule has 2 fully saturated rings. The smallest absolute Gasteiger partial charge is 0.0579 e. The van der Waals surface area contributed by atoms with Gasteiger partial charge in [-0.2, -0.15) is 0 Å². The van der Waals surface area contributed by atoms with E-state index in [1.165, 1.54) is 90.4 Å². The lowest BCUT2D eigenvalue weighted by Crippen LogP contribution is -2.54. The van der Waals surface area contributed by atoms with Gasteiger partial charge in [0.1, 0.15) is 0 Å². The van der Waals surface area contributed by atoms with E-state index in [0.717, 1.165) is 18.0 Å². The van der Waals surface area contributed by atoms with Crippen molar-refractivity contribution in [2.24, 2.45) is 5.92 Å². The molecular weight excluding hydrogens is 332 g/mol. The summed E-state index contributed by atoms with van der Waals surface area (Å²) in [6, 6.07) is 1.46. The highest BCUT2D eigenvalue weighted by molar-refractivity contribution is 4.82. The van der Waals surface area contributed by atoms with Crippen molar-refractivity contribution in [2.45, 2.75) is 123 Å². The Morgan fingerprint density at radius 3 is 2.37 bits per heavy atom. The average molecular weight is 381 g/mol. The maximum Gasteiger partial charge on any atom is 0.0579 e. The monoisotopic (exact) mass is 380 g/mol. The summed E-state index contributed by atoms with van der Waals surface area (Å²) >= 11 is 0. The first-order chi connectivity index (χ1) is 13.0. The number of nitrogens with zero attached hydrogens (tertiary/aromatic N) is 2. The van der Waals surface area contributed by atoms with Crippen LogP contribution in [0.15, 0.2) is 0 Å². The third kappa shape index (κ3) is 8.03. The molecule has 3 atom stereocenters. The normalized spacial score (nSPS) is 30.3. The van der Waals surface area contributed by atoms with Crippen molar-refractivity contribution in [1.82, 2.24) is 9.80 Å². The Labute approximate surface area is 170 Å². The highest BCUT2D eigenvalue weighted by Crippen LogP contribution is 2.30. The number of hydrogen-bond acceptors (Lipinski definition) is 3. The van der Waals surface area contributed by atoms with E-state index in [-0.39, 0.29) is 0 Å². The number of hydrogen-bond donors (Lipinski definition) is 0. The van der Waals surface area contributed by atoms with Crippen LogP contribution in [0.25, 0.3) is 0 Å². The maximum atomic E-state index is 6.22. The zero-order chi connectivity index (χ0) is 19.6. The molecule has 27 heavy (non-hydrogen) atoms. The van der Waals surface area contributed by atoms with Gasteiger partial charge in [0.05, 0.1) is 12.2 Å². The van der Waals surface area contributed by atoms with Gasteiger partial charge in [0.2, 0.25) is 0 Å². The molecule has 160 valence electrons. The predicted molar refractivity (Wildman–Crippen MR) is 117 cm³/mol. The van der Waals surface area contributed by atoms with Crippen LogP contribution in [0.4, 0.5) is 0 Å². The molecule has 0 aromatic carbocycles. The summed E-state index contributed by atoms with van der Waals surface area (Å²) in [5, 5.41) is 0. The van der Waals surface area contributed by atoms with Gasteiger partial charge in [-0.3, -0.25) is 4.90 Å². The van der Waals surface area contributed by atoms with Crippen LogP contribution in [0, 0.1) is 5.92 Å². The van der Waals surface area contributed by atoms with Crippen molar-refractivity contribution in [1.29, 1.82) is 0 Å². The number of ether oxygens (including phenoxy) is 1. The molecule has 1 aliphatic carbocycles. The number of piperazine rings is 1. The molecule has 1 heterocycles. The van der Waals surface area contributed by atoms with Crippen LogP contribution in [-0.4, -0.2) is 60.3 Å². The Bertz CT molecular complexity index is 381. The molecule has 0 spiro atoms. The summed E-state index contributed by atoms with van der Waals surface area (Å²) in [6.07, 6.45) is 14.4. The predicted octanol–water partition coefficient (Wildman–Crippen LogP) is 5.73. The minimum Gasteiger partial charge on any atom is -0.375 e. The van der Waals surface area contributed by atoms with Crippen LogP contribution in [0.5, 0.6) is 0 Å². The highest BCUT2D eigenvalue weighted by Gasteiger charge is 2.26. The Hall–Kier alpha value is -0.120. The molecule has 2 aliphatic rings. The summed E-state index contributed by atoms with van der Waals surface area (Å²) < 4.78 is 6.22. The van der Waals surface area contributed by atoms with E-state index in [4.69, 9.17) is 4.74 Å². The van der Waals surface area contributed by atoms with Gasteiger partial charge in [-0.15, -0.1) is 0 Å². The number of rotatable bonds is 11. The van der Waals surface area contributed by atoms with Gasteiger partial charge in [0.15, 0.2) is 0 Å². The van der Waals surface area contributed by atoms with E-state index < -0.39 is 0 Å². The Kier molecular flexibility index (Phi) is 10.7. The molecule has 1 saturated carbocycles. The lowest BCUT2D eigenvalue weighted by atomic mass is 9.84. The standard InChI is InChI=1S/C24H48N2O/c1-6-10-22(5)27-24-14-12-23(13-15-24)11-8-9-16-25-17-18-26(20(3)7-2)21(4)19-25/h20-24H,6-19H2,1-5H3/t20?,21-,22?,23?,24?/m0/s1. The third-order valence-corrected chi connectivity index (χ3v) is 7.17. The molecule has 1 saturated heterocycles. The van der Waals surface area contributed by atoms with Crippen LogP contribution in [0.3, 0.4) is 0 Å². The second-order valence-corrected chi connectivity index (χ2v) is 9.52. The first-order valence-corrected chi connectivity index (χ1v) is 12.2. The SMILES string of the molecule is CCCC(C)OC1CCC(CCCCN2CCN(C(C)CC)[C@@H](C)C2)CC1. The van der Waals surface area contributed by atoms with E-state index >= 15 is 0 Å². The lowest BCUT2D eigenvalue weighted by Gasteiger charge is -2.43. The Morgan fingerprint density at radius 2 is 1.74 bits per heavy atom. The minimum atomic E-state index is 0.458. The molecule has 0 aromatic rings. The van der Waals surface area contributed by atoms with E-state index in [0.29, 0.717) is 12.2 Å². The topological polar surface area (TPSA) is 15.7 Å². The average Bonchev–Trinajstić information content (AvgIpc) is 2.66. The zero-order valence-corrected chi connectivity index (χ0v) is 19.1. The van der Waals surface area contributed by atoms with Gasteiger partial charge in [-0.05, 0) is 78.2 Å². The second-order valence-electron chi connectivity index (χ2n) is 9.52. The van der Waals surface area contributed by atoms with Gasteiger partial charge in [-0.25, -0.2) is 0 Å². The molecule has 0 radical (unpaired) electrons. The van der Waals surface area contributed by atoms with Crippen molar-refractivity contribution in [2.75, 3.05) is 26.2 Å². The van der Waals surface area contributed by atoms with Crippen molar-refractivity contribution >= 4 is 0 Å². The molecule has 1 aliphatic heterocycles. The number of unbranched alkanes of at least 4 members (excludes halogenated alkanes) is 1. The van der Waals surface area contributed by atoms with Gasteiger partial charge in [0, 0.05) is 31.7 Å². The third-order valence-electron chi connectivity index (χ3n) is 7.17. The highest BCUT2D eigenvalue weighted by atomic mass is 16.5. The first-order valence-electron chi connectivity index (χ1n) is 12.2. The van der Waals surface area contributed by atoms with Crippen LogP contribution >= 0.6 is 0 Å². The molecule has 0 aromatic heterocycles. The molecule has 0 bridgehead atoms. The first kappa shape index (κ1) is 23.2. The van der Waals surface area contributed by atoms with Crippen LogP contribution in [0.1, 0.15) is 98.8 Å². The van der Waals surface area contributed by atoms with Gasteiger partial charge < -0.3 is 9.64 Å². The molecule has 3 heteroatoms. The zero-order valence-electron chi connectivity index (χ0n) is 19.1. The Balaban J connectivity index is 1.53. The fourth-order valence-corrected chi connectivity index (χ4v) is 5.27. The summed E-state index contributed by atoms with van der Waals surface area (Å²) in [7, 11) is 0. The largest absolute Gasteiger partial charge is 0.375 e. The quantitative estimate of drug-likeness (QED) is 0.426. The molecule has 2 unspecified atom stereocenters. The van der Waals surface area contributed by atoms with Crippen molar-refractivity contribution in [3.63, 3.8) is 0 Å². The van der Waals surface area contributed by atoms with Crippen molar-refractivity contribution in [3.8, 4) is 0 Å². The van der Waals surface area contributed by atoms with E-state index in [2.05, 4.69) is 44.4 Å². The molecule has 2 rings (SSSR count). The summed E-state index contributed by atoms with van der Waals surface area (Å²) in [4.78, 5) is 5.42. The molecule has 0 N–H and O–H groups in total. The van der Waals surface area contributed by atoms with Gasteiger partial charge in [-0.1, -0.05) is 33.1 Å². The molecular formula is C24H48N2O. The minimum absolute atomic E-state index is 0.458. The maximum absolute atomic E-state index is 6.22. The summed E-state index contributed by atoms with van der Waals surface area (Å²) in [5.74, 6) is 0.965. The van der Waals surface area contributed by atoms with Crippen LogP contribution < -0.4 is 0 Å². The van der Waals surface area contributed by atoms with Crippen LogP contribution in [-0.2, 0) is 4.74 Å². The lowest BCUT2D eigenvalue weighted by molar-refractivity contribution is -0.0321. The van der Waals surface area contributed by atoms with Crippen molar-refractivity contribution in [3.05, 3.63) is 0 Å². The van der Waals surface area contributed by atoms with Gasteiger partial charge in [0.25, 0.3) is 0 Å². The van der Waals surface area contributed by atoms with E-state index in [1.807, 2.05) is 0 Å². The summed E-state index contributed by atoms with van der Waals surface area (Å²) in [5.41, 5.74) is 0. The Morgan fingerprint density at radius 1 is 1.00 bits per heavy atom. The van der Waals surface area contributed by atoms with Crippen molar-refractivity contribution < 1.29 is 4.74 Å². The fraction of sp³-hybridized carbons (Fsp3) is 1.00. The summed E-state index contributed by atoms with van der Waals surface area (Å²) in [6.45, 7) is 16.7. The second kappa shape index (κ2) is 12.4. The van der Waals surface area contributed by atoms with Gasteiger partial charge >= 0.3 is 0 Å². The van der Waals surface area contributed by atoms with E-state index in [9.17, 15) is 0 Å². The van der Waals surface area contributed by atoms with E-state index in [1.54, 1.807) is 0 Å². The van der Waals surface area contributed by atoms with Crippen LogP contribution in [0.2, 0.25) is 0 Å². The molecule has 0 amide bonds.